The molecule has 2 nitrogen and oxygen atoms in total. The summed E-state index contributed by atoms with van der Waals surface area (Å²) in [5, 5.41) is 0. The molecule has 0 bridgehead atoms. The van der Waals surface area contributed by atoms with E-state index in [0.29, 0.717) is 0 Å². The van der Waals surface area contributed by atoms with Gasteiger partial charge in [-0.3, -0.25) is 4.57 Å². The zero-order chi connectivity index (χ0) is 15.1. The summed E-state index contributed by atoms with van der Waals surface area (Å²) >= 11 is 0. The monoisotopic (exact) mass is 304 g/mol. The van der Waals surface area contributed by atoms with Gasteiger partial charge in [0.1, 0.15) is 0 Å². The maximum atomic E-state index is 10.8. The van der Waals surface area contributed by atoms with Crippen LogP contribution in [0.25, 0.3) is 0 Å². The summed E-state index contributed by atoms with van der Waals surface area (Å²) < 4.78 is 10.8. The molecular formula is C17H37O2P. The predicted molar refractivity (Wildman–Crippen MR) is 91.0 cm³/mol. The van der Waals surface area contributed by atoms with Gasteiger partial charge in [-0.2, -0.15) is 0 Å². The molecule has 0 aromatic rings. The zero-order valence-corrected chi connectivity index (χ0v) is 14.8. The molecule has 0 radical (unpaired) electrons. The van der Waals surface area contributed by atoms with Gasteiger partial charge in [0.25, 0.3) is 0 Å². The molecule has 0 aliphatic carbocycles. The van der Waals surface area contributed by atoms with Crippen LogP contribution < -0.4 is 0 Å². The van der Waals surface area contributed by atoms with E-state index in [4.69, 9.17) is 4.89 Å². The first-order valence-electron chi connectivity index (χ1n) is 8.91. The van der Waals surface area contributed by atoms with Crippen LogP contribution >= 0.6 is 8.03 Å². The summed E-state index contributed by atoms with van der Waals surface area (Å²) in [5.41, 5.74) is 0.0210. The Morgan fingerprint density at radius 3 is 1.45 bits per heavy atom. The summed E-state index contributed by atoms with van der Waals surface area (Å²) in [5.74, 6) is 0. The van der Waals surface area contributed by atoms with Crippen LogP contribution in [0, 0.1) is 0 Å². The molecule has 0 aliphatic rings. The Bertz CT molecular complexity index is 219. The maximum absolute atomic E-state index is 10.8. The molecule has 20 heavy (non-hydrogen) atoms. The molecular weight excluding hydrogens is 267 g/mol. The Labute approximate surface area is 127 Å². The van der Waals surface area contributed by atoms with Crippen molar-refractivity contribution in [2.75, 3.05) is 0 Å². The molecule has 0 amide bonds. The first-order chi connectivity index (χ1) is 9.68. The molecule has 0 aromatic heterocycles. The standard InChI is InChI=1S/C17H37O2P/c1-3-4-5-6-7-8-9-10-11-12-13-14-15-16-17(2)20(18)19/h17,20H,3-16H2,1-2H3,(H,18,19). The normalized spacial score (nSPS) is 14.3. The van der Waals surface area contributed by atoms with Crippen LogP contribution in [-0.2, 0) is 4.57 Å². The second-order valence-corrected chi connectivity index (χ2v) is 7.93. The zero-order valence-electron chi connectivity index (χ0n) is 13.8. The number of hydrogen-bond donors (Lipinski definition) is 1. The lowest BCUT2D eigenvalue weighted by molar-refractivity contribution is 0.481. The van der Waals surface area contributed by atoms with E-state index in [1.807, 2.05) is 6.92 Å². The van der Waals surface area contributed by atoms with Gasteiger partial charge < -0.3 is 4.89 Å². The minimum absolute atomic E-state index is 0.0210. The molecule has 0 rings (SSSR count). The first-order valence-corrected chi connectivity index (χ1v) is 10.3. The predicted octanol–water partition coefficient (Wildman–Crippen LogP) is 6.32. The number of hydrogen-bond acceptors (Lipinski definition) is 1. The van der Waals surface area contributed by atoms with Gasteiger partial charge in [-0.1, -0.05) is 97.3 Å². The van der Waals surface area contributed by atoms with E-state index in [1.165, 1.54) is 77.0 Å². The van der Waals surface area contributed by atoms with Crippen LogP contribution in [0.1, 0.15) is 104 Å². The van der Waals surface area contributed by atoms with Gasteiger partial charge in [0, 0.05) is 5.66 Å². The lowest BCUT2D eigenvalue weighted by atomic mass is 10.0. The molecule has 0 heterocycles. The SMILES string of the molecule is CCCCCCCCCCCCCCCC(C)[PH](=O)O. The molecule has 1 N–H and O–H groups in total. The van der Waals surface area contributed by atoms with Gasteiger partial charge in [0.15, 0.2) is 8.03 Å². The summed E-state index contributed by atoms with van der Waals surface area (Å²) in [6.07, 6.45) is 18.6. The Kier molecular flexibility index (Phi) is 15.7. The second kappa shape index (κ2) is 15.6. The van der Waals surface area contributed by atoms with Gasteiger partial charge in [-0.25, -0.2) is 0 Å². The summed E-state index contributed by atoms with van der Waals surface area (Å²) in [6, 6.07) is 0. The molecule has 0 saturated heterocycles. The Balaban J connectivity index is 3.04. The first kappa shape index (κ1) is 20.2. The highest BCUT2D eigenvalue weighted by Gasteiger charge is 2.06. The van der Waals surface area contributed by atoms with Crippen LogP contribution in [0.15, 0.2) is 0 Å². The van der Waals surface area contributed by atoms with E-state index in [2.05, 4.69) is 6.92 Å². The number of unbranched alkanes of at least 4 members (excludes halogenated alkanes) is 12. The van der Waals surface area contributed by atoms with E-state index in [-0.39, 0.29) is 5.66 Å². The van der Waals surface area contributed by atoms with Crippen molar-refractivity contribution in [3.05, 3.63) is 0 Å². The van der Waals surface area contributed by atoms with Crippen LogP contribution in [-0.4, -0.2) is 10.6 Å². The molecule has 3 heteroatoms. The third kappa shape index (κ3) is 14.6. The molecule has 0 aliphatic heterocycles. The van der Waals surface area contributed by atoms with E-state index in [9.17, 15) is 4.57 Å². The second-order valence-electron chi connectivity index (χ2n) is 6.27. The fourth-order valence-corrected chi connectivity index (χ4v) is 3.04. The number of rotatable bonds is 15. The van der Waals surface area contributed by atoms with Gasteiger partial charge in [-0.15, -0.1) is 0 Å². The van der Waals surface area contributed by atoms with Crippen LogP contribution in [0.4, 0.5) is 0 Å². The average molecular weight is 304 g/mol. The highest BCUT2D eigenvalue weighted by atomic mass is 31.1. The fraction of sp³-hybridized carbons (Fsp3) is 1.00. The van der Waals surface area contributed by atoms with Crippen molar-refractivity contribution < 1.29 is 9.46 Å². The maximum Gasteiger partial charge on any atom is 0.191 e. The lowest BCUT2D eigenvalue weighted by Crippen LogP contribution is -1.94. The van der Waals surface area contributed by atoms with Crippen molar-refractivity contribution in [1.82, 2.24) is 0 Å². The Hall–Kier alpha value is 0.190. The van der Waals surface area contributed by atoms with Crippen LogP contribution in [0.2, 0.25) is 0 Å². The van der Waals surface area contributed by atoms with Gasteiger partial charge in [0.05, 0.1) is 0 Å². The summed E-state index contributed by atoms with van der Waals surface area (Å²) in [7, 11) is -2.28. The van der Waals surface area contributed by atoms with Gasteiger partial charge >= 0.3 is 0 Å². The van der Waals surface area contributed by atoms with Crippen molar-refractivity contribution in [3.8, 4) is 0 Å². The highest BCUT2D eigenvalue weighted by Crippen LogP contribution is 2.26. The summed E-state index contributed by atoms with van der Waals surface area (Å²) in [4.78, 5) is 8.96. The van der Waals surface area contributed by atoms with E-state index >= 15 is 0 Å². The molecule has 0 spiro atoms. The average Bonchev–Trinajstić information content (AvgIpc) is 2.43. The minimum atomic E-state index is -2.28. The molecule has 0 aromatic carbocycles. The quantitative estimate of drug-likeness (QED) is 0.284. The highest BCUT2D eigenvalue weighted by molar-refractivity contribution is 7.38. The van der Waals surface area contributed by atoms with Crippen molar-refractivity contribution in [2.45, 2.75) is 109 Å². The minimum Gasteiger partial charge on any atom is -0.346 e. The topological polar surface area (TPSA) is 37.3 Å². The third-order valence-electron chi connectivity index (χ3n) is 4.16. The van der Waals surface area contributed by atoms with Crippen molar-refractivity contribution in [3.63, 3.8) is 0 Å². The molecule has 2 unspecified atom stereocenters. The third-order valence-corrected chi connectivity index (χ3v) is 5.29. The van der Waals surface area contributed by atoms with Crippen molar-refractivity contribution in [2.24, 2.45) is 0 Å². The van der Waals surface area contributed by atoms with Crippen molar-refractivity contribution in [1.29, 1.82) is 0 Å². The fourth-order valence-electron chi connectivity index (χ4n) is 2.59. The van der Waals surface area contributed by atoms with Crippen LogP contribution in [0.5, 0.6) is 0 Å². The largest absolute Gasteiger partial charge is 0.346 e. The van der Waals surface area contributed by atoms with Gasteiger partial charge in [-0.05, 0) is 6.42 Å². The Morgan fingerprint density at radius 2 is 1.10 bits per heavy atom. The van der Waals surface area contributed by atoms with E-state index in [0.717, 1.165) is 12.8 Å². The molecule has 0 fully saturated rings. The van der Waals surface area contributed by atoms with Gasteiger partial charge in [0.2, 0.25) is 0 Å². The lowest BCUT2D eigenvalue weighted by Gasteiger charge is -2.06. The summed E-state index contributed by atoms with van der Waals surface area (Å²) in [6.45, 7) is 4.16. The van der Waals surface area contributed by atoms with E-state index < -0.39 is 8.03 Å². The Morgan fingerprint density at radius 1 is 0.750 bits per heavy atom. The molecule has 122 valence electrons. The van der Waals surface area contributed by atoms with E-state index in [1.54, 1.807) is 0 Å². The molecule has 0 saturated carbocycles. The smallest absolute Gasteiger partial charge is 0.191 e. The molecule has 2 atom stereocenters. The van der Waals surface area contributed by atoms with Crippen molar-refractivity contribution >= 4 is 8.03 Å². The van der Waals surface area contributed by atoms with Crippen LogP contribution in [0.3, 0.4) is 0 Å².